The van der Waals surface area contributed by atoms with E-state index >= 15 is 0 Å². The zero-order valence-electron chi connectivity index (χ0n) is 13.4. The van der Waals surface area contributed by atoms with Crippen molar-refractivity contribution in [3.8, 4) is 0 Å². The first-order valence-electron chi connectivity index (χ1n) is 8.13. The molecule has 21 heavy (non-hydrogen) atoms. The summed E-state index contributed by atoms with van der Waals surface area (Å²) in [6.45, 7) is 5.12. The van der Waals surface area contributed by atoms with Crippen LogP contribution in [0.2, 0.25) is 0 Å². The van der Waals surface area contributed by atoms with Crippen molar-refractivity contribution in [2.75, 3.05) is 53.4 Å². The van der Waals surface area contributed by atoms with Crippen LogP contribution in [0.5, 0.6) is 0 Å². The molecular formula is C14H30N4O2S. The van der Waals surface area contributed by atoms with Gasteiger partial charge in [0, 0.05) is 39.8 Å². The van der Waals surface area contributed by atoms with E-state index < -0.39 is 10.2 Å². The molecule has 2 fully saturated rings. The predicted octanol–water partition coefficient (Wildman–Crippen LogP) is 0.333. The van der Waals surface area contributed by atoms with Gasteiger partial charge in [0.15, 0.2) is 0 Å². The Balaban J connectivity index is 1.66. The Kier molecular flexibility index (Phi) is 6.43. The van der Waals surface area contributed by atoms with E-state index in [0.29, 0.717) is 19.1 Å². The Bertz CT molecular complexity index is 405. The van der Waals surface area contributed by atoms with Gasteiger partial charge in [-0.05, 0) is 51.7 Å². The van der Waals surface area contributed by atoms with Gasteiger partial charge in [-0.15, -0.1) is 0 Å². The summed E-state index contributed by atoms with van der Waals surface area (Å²) in [4.78, 5) is 2.34. The van der Waals surface area contributed by atoms with Gasteiger partial charge >= 0.3 is 0 Å². The lowest BCUT2D eigenvalue weighted by atomic mass is 10.4. The summed E-state index contributed by atoms with van der Waals surface area (Å²) < 4.78 is 27.7. The fourth-order valence-electron chi connectivity index (χ4n) is 2.65. The molecule has 2 rings (SSSR count). The van der Waals surface area contributed by atoms with E-state index in [-0.39, 0.29) is 0 Å². The maximum absolute atomic E-state index is 12.4. The van der Waals surface area contributed by atoms with E-state index in [1.54, 1.807) is 14.1 Å². The van der Waals surface area contributed by atoms with Gasteiger partial charge in [0.1, 0.15) is 0 Å². The molecule has 1 N–H and O–H groups in total. The van der Waals surface area contributed by atoms with Crippen molar-refractivity contribution < 1.29 is 8.42 Å². The maximum Gasteiger partial charge on any atom is 0.281 e. The van der Waals surface area contributed by atoms with Gasteiger partial charge in [-0.2, -0.15) is 17.0 Å². The van der Waals surface area contributed by atoms with Crippen molar-refractivity contribution in [2.24, 2.45) is 0 Å². The van der Waals surface area contributed by atoms with Crippen molar-refractivity contribution in [2.45, 2.75) is 38.1 Å². The van der Waals surface area contributed by atoms with Crippen LogP contribution in [0.15, 0.2) is 0 Å². The molecule has 1 aliphatic carbocycles. The van der Waals surface area contributed by atoms with Crippen LogP contribution >= 0.6 is 0 Å². The molecule has 0 spiro atoms. The highest BCUT2D eigenvalue weighted by atomic mass is 32.2. The number of rotatable bonds is 10. The van der Waals surface area contributed by atoms with Crippen LogP contribution in [-0.4, -0.2) is 81.3 Å². The third kappa shape index (κ3) is 5.49. The average Bonchev–Trinajstić information content (AvgIpc) is 3.13. The molecule has 7 heteroatoms. The minimum absolute atomic E-state index is 0.576. The number of nitrogens with one attached hydrogen (secondary N) is 1. The Morgan fingerprint density at radius 1 is 1.10 bits per heavy atom. The molecule has 0 aromatic heterocycles. The van der Waals surface area contributed by atoms with E-state index in [4.69, 9.17) is 0 Å². The van der Waals surface area contributed by atoms with Gasteiger partial charge in [0.25, 0.3) is 10.2 Å². The monoisotopic (exact) mass is 318 g/mol. The quantitative estimate of drug-likeness (QED) is 0.590. The van der Waals surface area contributed by atoms with Gasteiger partial charge in [-0.3, -0.25) is 0 Å². The van der Waals surface area contributed by atoms with Crippen LogP contribution in [-0.2, 0) is 10.2 Å². The van der Waals surface area contributed by atoms with Gasteiger partial charge < -0.3 is 10.2 Å². The highest BCUT2D eigenvalue weighted by molar-refractivity contribution is 7.86. The van der Waals surface area contributed by atoms with Crippen molar-refractivity contribution in [1.29, 1.82) is 0 Å². The summed E-state index contributed by atoms with van der Waals surface area (Å²) in [7, 11) is 0.0607. The summed E-state index contributed by atoms with van der Waals surface area (Å²) in [5.74, 6) is 0. The normalized spacial score (nSPS) is 20.8. The first kappa shape index (κ1) is 17.1. The zero-order chi connectivity index (χ0) is 15.3. The van der Waals surface area contributed by atoms with E-state index in [9.17, 15) is 8.42 Å². The molecule has 1 aliphatic heterocycles. The van der Waals surface area contributed by atoms with Crippen molar-refractivity contribution in [1.82, 2.24) is 18.8 Å². The number of likely N-dealkylation sites (tertiary alicyclic amines) is 1. The topological polar surface area (TPSA) is 55.9 Å². The van der Waals surface area contributed by atoms with E-state index in [1.807, 2.05) is 0 Å². The highest BCUT2D eigenvalue weighted by Crippen LogP contribution is 2.18. The van der Waals surface area contributed by atoms with Crippen LogP contribution in [0.25, 0.3) is 0 Å². The molecule has 0 amide bonds. The Hall–Kier alpha value is -0.210. The van der Waals surface area contributed by atoms with E-state index in [2.05, 4.69) is 10.2 Å². The molecule has 1 saturated carbocycles. The highest BCUT2D eigenvalue weighted by Gasteiger charge is 2.24. The smallest absolute Gasteiger partial charge is 0.281 e. The lowest BCUT2D eigenvalue weighted by Crippen LogP contribution is -2.43. The fourth-order valence-corrected chi connectivity index (χ4v) is 3.80. The molecule has 0 aromatic rings. The van der Waals surface area contributed by atoms with Crippen molar-refractivity contribution in [3.63, 3.8) is 0 Å². The summed E-state index contributed by atoms with van der Waals surface area (Å²) >= 11 is 0. The molecule has 124 valence electrons. The summed E-state index contributed by atoms with van der Waals surface area (Å²) in [5.41, 5.74) is 0. The molecule has 6 nitrogen and oxygen atoms in total. The fraction of sp³-hybridized carbons (Fsp3) is 1.00. The van der Waals surface area contributed by atoms with Crippen LogP contribution in [0.3, 0.4) is 0 Å². The first-order chi connectivity index (χ1) is 10.00. The number of nitrogens with zero attached hydrogens (tertiary/aromatic N) is 3. The van der Waals surface area contributed by atoms with Gasteiger partial charge in [-0.25, -0.2) is 0 Å². The predicted molar refractivity (Wildman–Crippen MR) is 85.5 cm³/mol. The molecule has 0 unspecified atom stereocenters. The number of likely N-dealkylation sites (N-methyl/N-ethyl adjacent to an activating group) is 1. The van der Waals surface area contributed by atoms with Crippen LogP contribution in [0, 0.1) is 0 Å². The van der Waals surface area contributed by atoms with E-state index in [1.165, 1.54) is 34.3 Å². The van der Waals surface area contributed by atoms with Crippen molar-refractivity contribution in [3.05, 3.63) is 0 Å². The van der Waals surface area contributed by atoms with Gasteiger partial charge in [-0.1, -0.05) is 0 Å². The SMILES string of the molecule is CN(CCCNC1CC1)S(=O)(=O)N(C)CCN1CCCC1. The second-order valence-corrected chi connectivity index (χ2v) is 8.42. The molecule has 0 atom stereocenters. The number of hydrogen-bond acceptors (Lipinski definition) is 4. The molecule has 0 radical (unpaired) electrons. The second kappa shape index (κ2) is 7.87. The molecule has 1 heterocycles. The Morgan fingerprint density at radius 2 is 1.71 bits per heavy atom. The zero-order valence-corrected chi connectivity index (χ0v) is 14.2. The summed E-state index contributed by atoms with van der Waals surface area (Å²) in [6, 6.07) is 0.690. The third-order valence-corrected chi connectivity index (χ3v) is 6.32. The lowest BCUT2D eigenvalue weighted by Gasteiger charge is -2.26. The van der Waals surface area contributed by atoms with Gasteiger partial charge in [0.05, 0.1) is 0 Å². The molecule has 2 aliphatic rings. The average molecular weight is 318 g/mol. The first-order valence-corrected chi connectivity index (χ1v) is 9.53. The van der Waals surface area contributed by atoms with Gasteiger partial charge in [0.2, 0.25) is 0 Å². The summed E-state index contributed by atoms with van der Waals surface area (Å²) in [5, 5.41) is 3.41. The second-order valence-electron chi connectivity index (χ2n) is 6.28. The molecule has 0 aromatic carbocycles. The molecule has 0 bridgehead atoms. The third-order valence-electron chi connectivity index (χ3n) is 4.38. The minimum atomic E-state index is -3.30. The maximum atomic E-state index is 12.4. The summed E-state index contributed by atoms with van der Waals surface area (Å²) in [6.07, 6.45) is 5.89. The standard InChI is InChI=1S/C14H30N4O2S/c1-16(9-5-8-15-14-6-7-14)21(19,20)17(2)12-13-18-10-3-4-11-18/h14-15H,3-13H2,1-2H3. The lowest BCUT2D eigenvalue weighted by molar-refractivity contribution is 0.300. The van der Waals surface area contributed by atoms with Crippen LogP contribution in [0.1, 0.15) is 32.1 Å². The van der Waals surface area contributed by atoms with E-state index in [0.717, 1.165) is 32.6 Å². The Morgan fingerprint density at radius 3 is 2.33 bits per heavy atom. The van der Waals surface area contributed by atoms with Crippen molar-refractivity contribution >= 4 is 10.2 Å². The molecular weight excluding hydrogens is 288 g/mol. The Labute approximate surface area is 129 Å². The van der Waals surface area contributed by atoms with Crippen LogP contribution < -0.4 is 5.32 Å². The minimum Gasteiger partial charge on any atom is -0.314 e. The number of hydrogen-bond donors (Lipinski definition) is 1. The molecule has 1 saturated heterocycles. The van der Waals surface area contributed by atoms with Crippen LogP contribution in [0.4, 0.5) is 0 Å². The largest absolute Gasteiger partial charge is 0.314 e.